The van der Waals surface area contributed by atoms with E-state index in [4.69, 9.17) is 4.74 Å². The molecule has 0 saturated heterocycles. The Bertz CT molecular complexity index is 351. The average Bonchev–Trinajstić information content (AvgIpc) is 2.28. The summed E-state index contributed by atoms with van der Waals surface area (Å²) in [6, 6.07) is 3.60. The van der Waals surface area contributed by atoms with Gasteiger partial charge in [0.15, 0.2) is 0 Å². The molecular formula is C13H22N2O2. The third-order valence-corrected chi connectivity index (χ3v) is 2.52. The number of rotatable bonds is 6. The first-order valence-electron chi connectivity index (χ1n) is 5.90. The molecule has 0 saturated carbocycles. The summed E-state index contributed by atoms with van der Waals surface area (Å²) in [7, 11) is 1.58. The zero-order valence-electron chi connectivity index (χ0n) is 11.0. The number of nitrogens with zero attached hydrogens (tertiary/aromatic N) is 1. The van der Waals surface area contributed by atoms with E-state index < -0.39 is 5.60 Å². The third-order valence-electron chi connectivity index (χ3n) is 2.52. The van der Waals surface area contributed by atoms with E-state index in [2.05, 4.69) is 24.1 Å². The van der Waals surface area contributed by atoms with E-state index in [1.807, 2.05) is 0 Å². The molecule has 0 fully saturated rings. The van der Waals surface area contributed by atoms with Gasteiger partial charge in [-0.2, -0.15) is 0 Å². The average molecular weight is 238 g/mol. The van der Waals surface area contributed by atoms with Gasteiger partial charge in [-0.15, -0.1) is 0 Å². The first-order valence-corrected chi connectivity index (χ1v) is 5.90. The summed E-state index contributed by atoms with van der Waals surface area (Å²) in [5.41, 5.74) is -0.458. The van der Waals surface area contributed by atoms with Gasteiger partial charge >= 0.3 is 0 Å². The van der Waals surface area contributed by atoms with Crippen molar-refractivity contribution in [2.24, 2.45) is 5.92 Å². The molecular weight excluding hydrogens is 216 g/mol. The zero-order chi connectivity index (χ0) is 12.9. The zero-order valence-corrected chi connectivity index (χ0v) is 11.0. The summed E-state index contributed by atoms with van der Waals surface area (Å²) >= 11 is 0. The molecule has 1 atom stereocenters. The van der Waals surface area contributed by atoms with E-state index in [9.17, 15) is 5.11 Å². The summed E-state index contributed by atoms with van der Waals surface area (Å²) in [5, 5.41) is 13.6. The molecule has 0 amide bonds. The van der Waals surface area contributed by atoms with Crippen LogP contribution < -0.4 is 10.1 Å². The fraction of sp³-hybridized carbons (Fsp3) is 0.615. The van der Waals surface area contributed by atoms with Crippen molar-refractivity contribution in [3.8, 4) is 5.75 Å². The van der Waals surface area contributed by atoms with Gasteiger partial charge in [0.1, 0.15) is 17.0 Å². The lowest BCUT2D eigenvalue weighted by Gasteiger charge is -2.25. The predicted molar refractivity (Wildman–Crippen MR) is 68.1 cm³/mol. The lowest BCUT2D eigenvalue weighted by Crippen LogP contribution is -2.37. The van der Waals surface area contributed by atoms with Gasteiger partial charge in [-0.3, -0.25) is 4.98 Å². The molecule has 1 rings (SSSR count). The maximum absolute atomic E-state index is 10.4. The number of aliphatic hydroxyl groups is 1. The minimum Gasteiger partial charge on any atom is -0.495 e. The summed E-state index contributed by atoms with van der Waals surface area (Å²) < 4.78 is 5.21. The Kier molecular flexibility index (Phi) is 4.90. The van der Waals surface area contributed by atoms with Crippen LogP contribution >= 0.6 is 0 Å². The van der Waals surface area contributed by atoms with Crippen molar-refractivity contribution in [1.29, 1.82) is 0 Å². The highest BCUT2D eigenvalue weighted by atomic mass is 16.5. The van der Waals surface area contributed by atoms with E-state index in [0.29, 0.717) is 23.9 Å². The highest BCUT2D eigenvalue weighted by molar-refractivity contribution is 5.31. The summed E-state index contributed by atoms with van der Waals surface area (Å²) in [4.78, 5) is 4.20. The van der Waals surface area contributed by atoms with E-state index in [1.54, 1.807) is 32.4 Å². The first-order chi connectivity index (χ1) is 7.97. The van der Waals surface area contributed by atoms with Crippen LogP contribution in [0, 0.1) is 5.92 Å². The second-order valence-corrected chi connectivity index (χ2v) is 4.85. The molecule has 4 heteroatoms. The van der Waals surface area contributed by atoms with Crippen molar-refractivity contribution in [2.75, 3.05) is 20.2 Å². The molecule has 0 bridgehead atoms. The van der Waals surface area contributed by atoms with Crippen molar-refractivity contribution in [3.05, 3.63) is 24.0 Å². The Morgan fingerprint density at radius 1 is 1.53 bits per heavy atom. The molecule has 1 heterocycles. The number of ether oxygens (including phenoxy) is 1. The molecule has 1 aromatic heterocycles. The summed E-state index contributed by atoms with van der Waals surface area (Å²) in [5.74, 6) is 1.17. The SMILES string of the molecule is COc1cccnc1C(C)(O)CNCC(C)C. The topological polar surface area (TPSA) is 54.4 Å². The molecule has 0 aliphatic heterocycles. The molecule has 1 unspecified atom stereocenters. The van der Waals surface area contributed by atoms with Gasteiger partial charge in [0, 0.05) is 12.7 Å². The molecule has 0 aliphatic carbocycles. The van der Waals surface area contributed by atoms with E-state index in [1.165, 1.54) is 0 Å². The highest BCUT2D eigenvalue weighted by Gasteiger charge is 2.27. The monoisotopic (exact) mass is 238 g/mol. The maximum atomic E-state index is 10.4. The molecule has 96 valence electrons. The van der Waals surface area contributed by atoms with Gasteiger partial charge in [-0.25, -0.2) is 0 Å². The fourth-order valence-electron chi connectivity index (χ4n) is 1.65. The van der Waals surface area contributed by atoms with Crippen molar-refractivity contribution in [2.45, 2.75) is 26.4 Å². The van der Waals surface area contributed by atoms with E-state index >= 15 is 0 Å². The van der Waals surface area contributed by atoms with Crippen LogP contribution in [0.25, 0.3) is 0 Å². The van der Waals surface area contributed by atoms with Crippen LogP contribution in [0.4, 0.5) is 0 Å². The van der Waals surface area contributed by atoms with E-state index in [0.717, 1.165) is 6.54 Å². The van der Waals surface area contributed by atoms with Crippen LogP contribution in [0.1, 0.15) is 26.5 Å². The van der Waals surface area contributed by atoms with Gasteiger partial charge in [0.2, 0.25) is 0 Å². The van der Waals surface area contributed by atoms with Crippen LogP contribution in [0.5, 0.6) is 5.75 Å². The third kappa shape index (κ3) is 3.98. The molecule has 4 nitrogen and oxygen atoms in total. The molecule has 1 aromatic rings. The Hall–Kier alpha value is -1.13. The van der Waals surface area contributed by atoms with Crippen LogP contribution in [-0.4, -0.2) is 30.3 Å². The highest BCUT2D eigenvalue weighted by Crippen LogP contribution is 2.26. The number of nitrogens with one attached hydrogen (secondary N) is 1. The number of hydrogen-bond acceptors (Lipinski definition) is 4. The number of pyridine rings is 1. The molecule has 17 heavy (non-hydrogen) atoms. The molecule has 0 spiro atoms. The lowest BCUT2D eigenvalue weighted by atomic mass is 10.0. The normalized spacial score (nSPS) is 14.7. The van der Waals surface area contributed by atoms with Crippen molar-refractivity contribution >= 4 is 0 Å². The minimum atomic E-state index is -1.03. The second kappa shape index (κ2) is 5.98. The number of methoxy groups -OCH3 is 1. The molecule has 0 radical (unpaired) electrons. The van der Waals surface area contributed by atoms with Gasteiger partial charge < -0.3 is 15.2 Å². The number of aromatic nitrogens is 1. The van der Waals surface area contributed by atoms with Gasteiger partial charge in [-0.1, -0.05) is 13.8 Å². The summed E-state index contributed by atoms with van der Waals surface area (Å²) in [6.45, 7) is 7.32. The molecule has 0 aliphatic rings. The first kappa shape index (κ1) is 13.9. The number of hydrogen-bond donors (Lipinski definition) is 2. The van der Waals surface area contributed by atoms with Crippen molar-refractivity contribution in [1.82, 2.24) is 10.3 Å². The van der Waals surface area contributed by atoms with Crippen LogP contribution in [-0.2, 0) is 5.60 Å². The largest absolute Gasteiger partial charge is 0.495 e. The lowest BCUT2D eigenvalue weighted by molar-refractivity contribution is 0.0492. The Morgan fingerprint density at radius 2 is 2.24 bits per heavy atom. The second-order valence-electron chi connectivity index (χ2n) is 4.85. The van der Waals surface area contributed by atoms with Crippen LogP contribution in [0.15, 0.2) is 18.3 Å². The van der Waals surface area contributed by atoms with Crippen LogP contribution in [0.2, 0.25) is 0 Å². The predicted octanol–water partition coefficient (Wildman–Crippen LogP) is 1.54. The van der Waals surface area contributed by atoms with Gasteiger partial charge in [0.05, 0.1) is 7.11 Å². The van der Waals surface area contributed by atoms with Crippen molar-refractivity contribution in [3.63, 3.8) is 0 Å². The summed E-state index contributed by atoms with van der Waals surface area (Å²) in [6.07, 6.45) is 1.66. The van der Waals surface area contributed by atoms with Gasteiger partial charge in [0.25, 0.3) is 0 Å². The Morgan fingerprint density at radius 3 is 2.82 bits per heavy atom. The van der Waals surface area contributed by atoms with Gasteiger partial charge in [-0.05, 0) is 31.5 Å². The Balaban J connectivity index is 2.74. The smallest absolute Gasteiger partial charge is 0.143 e. The fourth-order valence-corrected chi connectivity index (χ4v) is 1.65. The standard InChI is InChI=1S/C13H22N2O2/c1-10(2)8-14-9-13(3,16)12-11(17-4)6-5-7-15-12/h5-7,10,14,16H,8-9H2,1-4H3. The van der Waals surface area contributed by atoms with Crippen molar-refractivity contribution < 1.29 is 9.84 Å². The Labute approximate surface area is 103 Å². The van der Waals surface area contributed by atoms with Crippen LogP contribution in [0.3, 0.4) is 0 Å². The quantitative estimate of drug-likeness (QED) is 0.789. The maximum Gasteiger partial charge on any atom is 0.143 e. The molecule has 0 aromatic carbocycles. The molecule has 2 N–H and O–H groups in total. The van der Waals surface area contributed by atoms with E-state index in [-0.39, 0.29) is 0 Å². The minimum absolute atomic E-state index is 0.457.